The predicted octanol–water partition coefficient (Wildman–Crippen LogP) is 1.94. The summed E-state index contributed by atoms with van der Waals surface area (Å²) in [5.41, 5.74) is 0.852. The average Bonchev–Trinajstić information content (AvgIpc) is 2.26. The fourth-order valence-electron chi connectivity index (χ4n) is 1.65. The van der Waals surface area contributed by atoms with Crippen molar-refractivity contribution in [1.29, 1.82) is 0 Å². The minimum absolute atomic E-state index is 0.0443. The van der Waals surface area contributed by atoms with Crippen molar-refractivity contribution in [2.24, 2.45) is 7.05 Å². The number of pyridine rings is 1. The van der Waals surface area contributed by atoms with E-state index in [4.69, 9.17) is 4.74 Å². The lowest BCUT2D eigenvalue weighted by Gasteiger charge is -2.09. The highest BCUT2D eigenvalue weighted by atomic mass is 16.5. The Morgan fingerprint density at radius 2 is 2.07 bits per heavy atom. The zero-order valence-corrected chi connectivity index (χ0v) is 8.86. The van der Waals surface area contributed by atoms with Crippen LogP contribution >= 0.6 is 0 Å². The topological polar surface area (TPSA) is 31.2 Å². The third-order valence-corrected chi connectivity index (χ3v) is 2.42. The molecule has 1 aromatic heterocycles. The first-order valence-electron chi connectivity index (χ1n) is 4.95. The molecule has 0 radical (unpaired) electrons. The number of hydrogen-bond donors (Lipinski definition) is 0. The molecule has 0 atom stereocenters. The van der Waals surface area contributed by atoms with E-state index >= 15 is 0 Å². The highest BCUT2D eigenvalue weighted by molar-refractivity contribution is 5.85. The number of benzene rings is 1. The summed E-state index contributed by atoms with van der Waals surface area (Å²) in [7, 11) is 1.76. The fourth-order valence-corrected chi connectivity index (χ4v) is 1.65. The molecule has 15 heavy (non-hydrogen) atoms. The van der Waals surface area contributed by atoms with Crippen molar-refractivity contribution in [3.8, 4) is 5.75 Å². The minimum atomic E-state index is -0.0443. The van der Waals surface area contributed by atoms with Crippen LogP contribution in [0.1, 0.15) is 6.92 Å². The number of ether oxygens (including phenoxy) is 1. The Bertz CT molecular complexity index is 543. The standard InChI is InChI=1S/C12H13NO2/c1-3-15-11-8-12(14)13(2)10-7-5-4-6-9(10)11/h4-8H,3H2,1-2H3. The molecule has 0 amide bonds. The third-order valence-electron chi connectivity index (χ3n) is 2.42. The maximum absolute atomic E-state index is 11.6. The zero-order chi connectivity index (χ0) is 10.8. The molecule has 0 aliphatic carbocycles. The van der Waals surface area contributed by atoms with Crippen LogP contribution in [0.5, 0.6) is 5.75 Å². The van der Waals surface area contributed by atoms with E-state index in [0.717, 1.165) is 10.9 Å². The smallest absolute Gasteiger partial charge is 0.254 e. The van der Waals surface area contributed by atoms with Crippen molar-refractivity contribution in [1.82, 2.24) is 4.57 Å². The molecule has 0 N–H and O–H groups in total. The Kier molecular flexibility index (Phi) is 2.46. The number of nitrogens with zero attached hydrogens (tertiary/aromatic N) is 1. The zero-order valence-electron chi connectivity index (χ0n) is 8.86. The number of aryl methyl sites for hydroxylation is 1. The van der Waals surface area contributed by atoms with Crippen molar-refractivity contribution < 1.29 is 4.74 Å². The van der Waals surface area contributed by atoms with Gasteiger partial charge in [-0.3, -0.25) is 4.79 Å². The Hall–Kier alpha value is -1.77. The summed E-state index contributed by atoms with van der Waals surface area (Å²) in [5.74, 6) is 0.663. The summed E-state index contributed by atoms with van der Waals surface area (Å²) in [5, 5.41) is 0.974. The van der Waals surface area contributed by atoms with Crippen LogP contribution in [0, 0.1) is 0 Å². The molecule has 0 aliphatic heterocycles. The molecule has 1 aromatic carbocycles. The largest absolute Gasteiger partial charge is 0.493 e. The summed E-state index contributed by atoms with van der Waals surface area (Å²) in [6, 6.07) is 9.26. The van der Waals surface area contributed by atoms with Gasteiger partial charge >= 0.3 is 0 Å². The van der Waals surface area contributed by atoms with E-state index < -0.39 is 0 Å². The van der Waals surface area contributed by atoms with E-state index in [9.17, 15) is 4.79 Å². The summed E-state index contributed by atoms with van der Waals surface area (Å²) in [4.78, 5) is 11.6. The number of hydrogen-bond acceptors (Lipinski definition) is 2. The molecule has 2 aromatic rings. The van der Waals surface area contributed by atoms with Crippen molar-refractivity contribution in [3.63, 3.8) is 0 Å². The molecule has 1 heterocycles. The second-order valence-electron chi connectivity index (χ2n) is 3.36. The summed E-state index contributed by atoms with van der Waals surface area (Å²) >= 11 is 0. The van der Waals surface area contributed by atoms with Crippen molar-refractivity contribution in [3.05, 3.63) is 40.7 Å². The monoisotopic (exact) mass is 203 g/mol. The molecule has 0 bridgehead atoms. The molecule has 78 valence electrons. The third kappa shape index (κ3) is 1.61. The van der Waals surface area contributed by atoms with Gasteiger partial charge in [0.05, 0.1) is 12.1 Å². The van der Waals surface area contributed by atoms with Gasteiger partial charge < -0.3 is 9.30 Å². The van der Waals surface area contributed by atoms with E-state index in [1.165, 1.54) is 6.07 Å². The fraction of sp³-hybridized carbons (Fsp3) is 0.250. The van der Waals surface area contributed by atoms with Gasteiger partial charge in [0.2, 0.25) is 0 Å². The molecule has 0 spiro atoms. The van der Waals surface area contributed by atoms with Crippen molar-refractivity contribution in [2.45, 2.75) is 6.92 Å². The lowest BCUT2D eigenvalue weighted by Crippen LogP contribution is -2.16. The first-order chi connectivity index (χ1) is 7.24. The van der Waals surface area contributed by atoms with Crippen LogP contribution in [0.4, 0.5) is 0 Å². The molecule has 3 nitrogen and oxygen atoms in total. The maximum atomic E-state index is 11.6. The summed E-state index contributed by atoms with van der Waals surface area (Å²) in [6.07, 6.45) is 0. The highest BCUT2D eigenvalue weighted by Gasteiger charge is 2.05. The van der Waals surface area contributed by atoms with Gasteiger partial charge in [0.25, 0.3) is 5.56 Å². The second-order valence-corrected chi connectivity index (χ2v) is 3.36. The van der Waals surface area contributed by atoms with Crippen LogP contribution in [0.25, 0.3) is 10.9 Å². The number of aromatic nitrogens is 1. The Labute approximate surface area is 87.9 Å². The van der Waals surface area contributed by atoms with Crippen LogP contribution in [0.2, 0.25) is 0 Å². The van der Waals surface area contributed by atoms with E-state index in [0.29, 0.717) is 12.4 Å². The molecule has 0 saturated carbocycles. The van der Waals surface area contributed by atoms with Gasteiger partial charge in [0, 0.05) is 18.5 Å². The average molecular weight is 203 g/mol. The predicted molar refractivity (Wildman–Crippen MR) is 60.4 cm³/mol. The van der Waals surface area contributed by atoms with Gasteiger partial charge in [-0.05, 0) is 19.1 Å². The number of para-hydroxylation sites is 1. The highest BCUT2D eigenvalue weighted by Crippen LogP contribution is 2.22. The second kappa shape index (κ2) is 3.77. The molecule has 0 saturated heterocycles. The molecule has 0 fully saturated rings. The van der Waals surface area contributed by atoms with E-state index in [1.807, 2.05) is 31.2 Å². The van der Waals surface area contributed by atoms with E-state index in [2.05, 4.69) is 0 Å². The Morgan fingerprint density at radius 3 is 2.80 bits per heavy atom. The van der Waals surface area contributed by atoms with Gasteiger partial charge in [-0.25, -0.2) is 0 Å². The first-order valence-corrected chi connectivity index (χ1v) is 4.95. The molecule has 0 aliphatic rings. The molecule has 3 heteroatoms. The molecule has 2 rings (SSSR count). The van der Waals surface area contributed by atoms with Gasteiger partial charge in [-0.1, -0.05) is 12.1 Å². The number of fused-ring (bicyclic) bond motifs is 1. The van der Waals surface area contributed by atoms with Crippen LogP contribution in [-0.2, 0) is 7.05 Å². The first kappa shape index (κ1) is 9.77. The van der Waals surface area contributed by atoms with Crippen LogP contribution < -0.4 is 10.3 Å². The molecule has 0 unspecified atom stereocenters. The Morgan fingerprint density at radius 1 is 1.33 bits per heavy atom. The molecular formula is C12H13NO2. The van der Waals surface area contributed by atoms with E-state index in [-0.39, 0.29) is 5.56 Å². The van der Waals surface area contributed by atoms with Gasteiger partial charge in [0.15, 0.2) is 0 Å². The lowest BCUT2D eigenvalue weighted by molar-refractivity contribution is 0.343. The van der Waals surface area contributed by atoms with Crippen molar-refractivity contribution >= 4 is 10.9 Å². The van der Waals surface area contributed by atoms with Crippen LogP contribution in [-0.4, -0.2) is 11.2 Å². The van der Waals surface area contributed by atoms with E-state index in [1.54, 1.807) is 11.6 Å². The quantitative estimate of drug-likeness (QED) is 0.746. The molecular weight excluding hydrogens is 190 g/mol. The van der Waals surface area contributed by atoms with Crippen molar-refractivity contribution in [2.75, 3.05) is 6.61 Å². The maximum Gasteiger partial charge on any atom is 0.254 e. The van der Waals surface area contributed by atoms with Gasteiger partial charge in [-0.2, -0.15) is 0 Å². The van der Waals surface area contributed by atoms with Crippen LogP contribution in [0.3, 0.4) is 0 Å². The minimum Gasteiger partial charge on any atom is -0.493 e. The number of rotatable bonds is 2. The van der Waals surface area contributed by atoms with Gasteiger partial charge in [-0.15, -0.1) is 0 Å². The Balaban J connectivity index is 2.82. The van der Waals surface area contributed by atoms with Gasteiger partial charge in [0.1, 0.15) is 5.75 Å². The summed E-state index contributed by atoms with van der Waals surface area (Å²) < 4.78 is 7.06. The SMILES string of the molecule is CCOc1cc(=O)n(C)c2ccccc12. The summed E-state index contributed by atoms with van der Waals surface area (Å²) in [6.45, 7) is 2.48. The lowest BCUT2D eigenvalue weighted by atomic mass is 10.2. The van der Waals surface area contributed by atoms with Crippen LogP contribution in [0.15, 0.2) is 35.1 Å². The normalized spacial score (nSPS) is 10.5.